The van der Waals surface area contributed by atoms with Crippen LogP contribution in [0.1, 0.15) is 76.8 Å². The molecule has 0 saturated heterocycles. The van der Waals surface area contributed by atoms with Gasteiger partial charge in [-0.25, -0.2) is 0 Å². The summed E-state index contributed by atoms with van der Waals surface area (Å²) in [5.74, 6) is 0. The summed E-state index contributed by atoms with van der Waals surface area (Å²) in [5.41, 5.74) is 1.28. The monoisotopic (exact) mass is 295 g/mol. The van der Waals surface area contributed by atoms with E-state index >= 15 is 0 Å². The molecule has 114 valence electrons. The standard InChI is InChI=1S/C18H30ClN/c1-3-4-5-6-7-8-9-10-14-20-16(2)17-12-11-13-18(19)15-17/h11-13,15-16,20H,3-10,14H2,1-2H3/t16-/m1/s1. The molecule has 0 saturated carbocycles. The fourth-order valence-corrected chi connectivity index (χ4v) is 2.67. The normalized spacial score (nSPS) is 12.6. The summed E-state index contributed by atoms with van der Waals surface area (Å²) >= 11 is 6.02. The smallest absolute Gasteiger partial charge is 0.0409 e. The lowest BCUT2D eigenvalue weighted by atomic mass is 10.1. The molecular formula is C18H30ClN. The van der Waals surface area contributed by atoms with Crippen LogP contribution in [-0.2, 0) is 0 Å². The molecule has 0 spiro atoms. The number of halogens is 1. The highest BCUT2D eigenvalue weighted by atomic mass is 35.5. The molecule has 0 heterocycles. The van der Waals surface area contributed by atoms with Crippen molar-refractivity contribution >= 4 is 11.6 Å². The van der Waals surface area contributed by atoms with Crippen LogP contribution in [0.3, 0.4) is 0 Å². The van der Waals surface area contributed by atoms with Gasteiger partial charge in [-0.15, -0.1) is 0 Å². The maximum Gasteiger partial charge on any atom is 0.0409 e. The summed E-state index contributed by atoms with van der Waals surface area (Å²) in [6.45, 7) is 5.58. The zero-order valence-electron chi connectivity index (χ0n) is 13.1. The first-order valence-corrected chi connectivity index (χ1v) is 8.60. The average Bonchev–Trinajstić information content (AvgIpc) is 2.45. The molecule has 0 aromatic heterocycles. The van der Waals surface area contributed by atoms with Gasteiger partial charge >= 0.3 is 0 Å². The molecule has 1 rings (SSSR count). The summed E-state index contributed by atoms with van der Waals surface area (Å²) in [7, 11) is 0. The number of hydrogen-bond acceptors (Lipinski definition) is 1. The highest BCUT2D eigenvalue weighted by molar-refractivity contribution is 6.30. The molecule has 2 heteroatoms. The van der Waals surface area contributed by atoms with Crippen LogP contribution in [0.5, 0.6) is 0 Å². The lowest BCUT2D eigenvalue weighted by Crippen LogP contribution is -2.19. The largest absolute Gasteiger partial charge is 0.310 e. The van der Waals surface area contributed by atoms with Crippen LogP contribution in [0, 0.1) is 0 Å². The Morgan fingerprint density at radius 3 is 2.30 bits per heavy atom. The van der Waals surface area contributed by atoms with E-state index in [-0.39, 0.29) is 0 Å². The van der Waals surface area contributed by atoms with Crippen molar-refractivity contribution in [3.05, 3.63) is 34.9 Å². The maximum absolute atomic E-state index is 6.02. The second-order valence-corrected chi connectivity index (χ2v) is 6.14. The van der Waals surface area contributed by atoms with Gasteiger partial charge in [-0.3, -0.25) is 0 Å². The number of hydrogen-bond donors (Lipinski definition) is 1. The van der Waals surface area contributed by atoms with Crippen molar-refractivity contribution in [3.8, 4) is 0 Å². The molecule has 0 unspecified atom stereocenters. The summed E-state index contributed by atoms with van der Waals surface area (Å²) in [4.78, 5) is 0. The first-order valence-electron chi connectivity index (χ1n) is 8.23. The van der Waals surface area contributed by atoms with Gasteiger partial charge in [-0.2, -0.15) is 0 Å². The minimum absolute atomic E-state index is 0.387. The molecule has 1 N–H and O–H groups in total. The minimum atomic E-state index is 0.387. The molecule has 1 nitrogen and oxygen atoms in total. The summed E-state index contributed by atoms with van der Waals surface area (Å²) in [6, 6.07) is 8.52. The zero-order valence-corrected chi connectivity index (χ0v) is 13.9. The molecule has 0 aliphatic heterocycles. The molecule has 0 aliphatic rings. The first-order chi connectivity index (χ1) is 9.74. The Morgan fingerprint density at radius 2 is 1.65 bits per heavy atom. The van der Waals surface area contributed by atoms with Crippen LogP contribution in [0.15, 0.2) is 24.3 Å². The number of unbranched alkanes of at least 4 members (excludes halogenated alkanes) is 7. The predicted octanol–water partition coefficient (Wildman–Crippen LogP) is 6.13. The molecule has 1 aromatic rings. The Morgan fingerprint density at radius 1 is 1.00 bits per heavy atom. The minimum Gasteiger partial charge on any atom is -0.310 e. The van der Waals surface area contributed by atoms with Gasteiger partial charge in [0, 0.05) is 11.1 Å². The molecule has 1 atom stereocenters. The van der Waals surface area contributed by atoms with Gasteiger partial charge in [0.25, 0.3) is 0 Å². The molecular weight excluding hydrogens is 266 g/mol. The second kappa shape index (κ2) is 11.2. The molecule has 20 heavy (non-hydrogen) atoms. The van der Waals surface area contributed by atoms with Crippen molar-refractivity contribution in [2.75, 3.05) is 6.54 Å². The van der Waals surface area contributed by atoms with E-state index in [4.69, 9.17) is 11.6 Å². The topological polar surface area (TPSA) is 12.0 Å². The number of benzene rings is 1. The molecule has 1 aromatic carbocycles. The summed E-state index contributed by atoms with van der Waals surface area (Å²) in [5, 5.41) is 4.40. The fraction of sp³-hybridized carbons (Fsp3) is 0.667. The van der Waals surface area contributed by atoms with Gasteiger partial charge in [-0.1, -0.05) is 75.6 Å². The lowest BCUT2D eigenvalue weighted by molar-refractivity contribution is 0.521. The maximum atomic E-state index is 6.02. The van der Waals surface area contributed by atoms with Crippen LogP contribution in [0.25, 0.3) is 0 Å². The zero-order chi connectivity index (χ0) is 14.6. The fourth-order valence-electron chi connectivity index (χ4n) is 2.47. The third kappa shape index (κ3) is 7.91. The van der Waals surface area contributed by atoms with Crippen molar-refractivity contribution in [1.82, 2.24) is 5.32 Å². The van der Waals surface area contributed by atoms with Crippen molar-refractivity contribution in [1.29, 1.82) is 0 Å². The highest BCUT2D eigenvalue weighted by Gasteiger charge is 2.04. The van der Waals surface area contributed by atoms with Crippen LogP contribution in [-0.4, -0.2) is 6.54 Å². The molecule has 0 amide bonds. The molecule has 0 fully saturated rings. The van der Waals surface area contributed by atoms with Crippen molar-refractivity contribution in [2.45, 2.75) is 71.3 Å². The van der Waals surface area contributed by atoms with Crippen LogP contribution >= 0.6 is 11.6 Å². The van der Waals surface area contributed by atoms with E-state index in [2.05, 4.69) is 25.2 Å². The van der Waals surface area contributed by atoms with E-state index in [0.29, 0.717) is 6.04 Å². The Labute approximate surface area is 130 Å². The lowest BCUT2D eigenvalue weighted by Gasteiger charge is -2.14. The van der Waals surface area contributed by atoms with Gasteiger partial charge in [0.05, 0.1) is 0 Å². The van der Waals surface area contributed by atoms with Gasteiger partial charge in [-0.05, 0) is 37.6 Å². The van der Waals surface area contributed by atoms with E-state index in [1.165, 1.54) is 56.9 Å². The average molecular weight is 296 g/mol. The second-order valence-electron chi connectivity index (χ2n) is 5.71. The SMILES string of the molecule is CCCCCCCCCCN[C@H](C)c1cccc(Cl)c1. The molecule has 0 aliphatic carbocycles. The first kappa shape index (κ1) is 17.5. The molecule has 0 bridgehead atoms. The Bertz CT molecular complexity index is 351. The van der Waals surface area contributed by atoms with Crippen LogP contribution in [0.4, 0.5) is 0 Å². The van der Waals surface area contributed by atoms with Crippen molar-refractivity contribution in [3.63, 3.8) is 0 Å². The van der Waals surface area contributed by atoms with Crippen molar-refractivity contribution in [2.24, 2.45) is 0 Å². The van der Waals surface area contributed by atoms with E-state index in [9.17, 15) is 0 Å². The van der Waals surface area contributed by atoms with Crippen molar-refractivity contribution < 1.29 is 0 Å². The summed E-state index contributed by atoms with van der Waals surface area (Å²) in [6.07, 6.45) is 11.0. The number of nitrogens with one attached hydrogen (secondary N) is 1. The quantitative estimate of drug-likeness (QED) is 0.484. The van der Waals surface area contributed by atoms with E-state index in [0.717, 1.165) is 11.6 Å². The van der Waals surface area contributed by atoms with Crippen LogP contribution in [0.2, 0.25) is 5.02 Å². The van der Waals surface area contributed by atoms with E-state index < -0.39 is 0 Å². The Hall–Kier alpha value is -0.530. The van der Waals surface area contributed by atoms with Gasteiger partial charge in [0.2, 0.25) is 0 Å². The van der Waals surface area contributed by atoms with E-state index in [1.807, 2.05) is 18.2 Å². The predicted molar refractivity (Wildman–Crippen MR) is 90.5 cm³/mol. The summed E-state index contributed by atoms with van der Waals surface area (Å²) < 4.78 is 0. The third-order valence-electron chi connectivity index (χ3n) is 3.83. The third-order valence-corrected chi connectivity index (χ3v) is 4.06. The van der Waals surface area contributed by atoms with Crippen LogP contribution < -0.4 is 5.32 Å². The van der Waals surface area contributed by atoms with Gasteiger partial charge in [0.1, 0.15) is 0 Å². The number of rotatable bonds is 11. The molecule has 0 radical (unpaired) electrons. The van der Waals surface area contributed by atoms with Gasteiger partial charge in [0.15, 0.2) is 0 Å². The highest BCUT2D eigenvalue weighted by Crippen LogP contribution is 2.17. The Kier molecular flexibility index (Phi) is 9.78. The van der Waals surface area contributed by atoms with Gasteiger partial charge < -0.3 is 5.32 Å². The van der Waals surface area contributed by atoms with E-state index in [1.54, 1.807) is 0 Å². The Balaban J connectivity index is 2.01.